The second kappa shape index (κ2) is 5.19. The molecule has 0 radical (unpaired) electrons. The molecule has 0 N–H and O–H groups in total. The summed E-state index contributed by atoms with van der Waals surface area (Å²) in [7, 11) is 0. The summed E-state index contributed by atoms with van der Waals surface area (Å²) in [6.07, 6.45) is 1.41. The summed E-state index contributed by atoms with van der Waals surface area (Å²) < 4.78 is 80.9. The van der Waals surface area contributed by atoms with Crippen LogP contribution in [0, 0.1) is 34.9 Å². The molecule has 6 heteroatoms. The van der Waals surface area contributed by atoms with Crippen molar-refractivity contribution in [3.63, 3.8) is 0 Å². The van der Waals surface area contributed by atoms with E-state index in [0.29, 0.717) is 6.07 Å². The molecule has 0 atom stereocenters. The lowest BCUT2D eigenvalue weighted by Crippen LogP contribution is -2.05. The molecular formula is C14H8F6. The molecule has 0 aromatic heterocycles. The molecule has 2 aromatic carbocycles. The van der Waals surface area contributed by atoms with Crippen LogP contribution in [0.2, 0.25) is 0 Å². The molecule has 2 rings (SSSR count). The van der Waals surface area contributed by atoms with E-state index in [1.54, 1.807) is 0 Å². The Kier molecular flexibility index (Phi) is 3.74. The minimum absolute atomic E-state index is 0.145. The van der Waals surface area contributed by atoms with Crippen LogP contribution in [-0.4, -0.2) is 0 Å². The van der Waals surface area contributed by atoms with Crippen LogP contribution in [0.4, 0.5) is 26.3 Å². The molecule has 0 aliphatic rings. The first-order valence-electron chi connectivity index (χ1n) is 5.63. The van der Waals surface area contributed by atoms with E-state index < -0.39 is 51.2 Å². The van der Waals surface area contributed by atoms with Crippen LogP contribution < -0.4 is 0 Å². The molecule has 106 valence electrons. The first kappa shape index (κ1) is 14.4. The third-order valence-electron chi connectivity index (χ3n) is 2.95. The van der Waals surface area contributed by atoms with Gasteiger partial charge < -0.3 is 0 Å². The molecule has 0 unspecified atom stereocenters. The molecule has 0 aliphatic carbocycles. The second-order valence-electron chi connectivity index (χ2n) is 4.15. The van der Waals surface area contributed by atoms with E-state index in [4.69, 9.17) is 0 Å². The zero-order valence-corrected chi connectivity index (χ0v) is 10.0. The van der Waals surface area contributed by atoms with Crippen molar-refractivity contribution in [2.75, 3.05) is 0 Å². The van der Waals surface area contributed by atoms with Crippen LogP contribution in [0.25, 0.3) is 10.8 Å². The Labute approximate surface area is 110 Å². The van der Waals surface area contributed by atoms with E-state index in [1.807, 2.05) is 0 Å². The maximum absolute atomic E-state index is 13.7. The van der Waals surface area contributed by atoms with Crippen molar-refractivity contribution in [2.24, 2.45) is 0 Å². The van der Waals surface area contributed by atoms with Crippen molar-refractivity contribution in [3.05, 3.63) is 59.2 Å². The molecule has 0 heterocycles. The summed E-state index contributed by atoms with van der Waals surface area (Å²) >= 11 is 0. The predicted molar refractivity (Wildman–Crippen MR) is 62.2 cm³/mol. The van der Waals surface area contributed by atoms with Crippen molar-refractivity contribution in [3.8, 4) is 0 Å². The molecule has 0 bridgehead atoms. The van der Waals surface area contributed by atoms with Gasteiger partial charge in [-0.25, -0.2) is 26.3 Å². The normalized spacial score (nSPS) is 11.1. The molecule has 0 fully saturated rings. The van der Waals surface area contributed by atoms with Gasteiger partial charge in [0.2, 0.25) is 0 Å². The van der Waals surface area contributed by atoms with Gasteiger partial charge in [0.15, 0.2) is 23.3 Å². The van der Waals surface area contributed by atoms with E-state index in [9.17, 15) is 26.3 Å². The topological polar surface area (TPSA) is 0 Å². The number of aryl methyl sites for hydroxylation is 1. The number of benzene rings is 2. The van der Waals surface area contributed by atoms with Crippen LogP contribution in [0.15, 0.2) is 18.7 Å². The van der Waals surface area contributed by atoms with Gasteiger partial charge in [0, 0.05) is 11.5 Å². The van der Waals surface area contributed by atoms with Gasteiger partial charge in [0.1, 0.15) is 11.6 Å². The molecule has 0 saturated heterocycles. The molecule has 20 heavy (non-hydrogen) atoms. The summed E-state index contributed by atoms with van der Waals surface area (Å²) in [5.74, 6) is -10.6. The summed E-state index contributed by atoms with van der Waals surface area (Å²) in [5.41, 5.74) is -0.420. The molecular weight excluding hydrogens is 282 g/mol. The fraction of sp³-hybridized carbons (Fsp3) is 0.143. The van der Waals surface area contributed by atoms with E-state index in [1.165, 1.54) is 6.08 Å². The van der Waals surface area contributed by atoms with Crippen LogP contribution in [-0.2, 0) is 6.42 Å². The number of hydrogen-bond acceptors (Lipinski definition) is 0. The van der Waals surface area contributed by atoms with E-state index in [0.717, 1.165) is 0 Å². The van der Waals surface area contributed by atoms with Crippen LogP contribution >= 0.6 is 0 Å². The number of fused-ring (bicyclic) bond motifs is 1. The first-order chi connectivity index (χ1) is 9.40. The number of halogens is 6. The third kappa shape index (κ3) is 2.05. The highest BCUT2D eigenvalue weighted by Gasteiger charge is 2.26. The quantitative estimate of drug-likeness (QED) is 0.330. The molecule has 2 aromatic rings. The van der Waals surface area contributed by atoms with Crippen LogP contribution in [0.3, 0.4) is 0 Å². The maximum Gasteiger partial charge on any atom is 0.198 e. The lowest BCUT2D eigenvalue weighted by atomic mass is 9.98. The van der Waals surface area contributed by atoms with E-state index in [-0.39, 0.29) is 12.8 Å². The first-order valence-corrected chi connectivity index (χ1v) is 5.63. The average Bonchev–Trinajstić information content (AvgIpc) is 2.41. The van der Waals surface area contributed by atoms with Gasteiger partial charge in [-0.05, 0) is 18.4 Å². The fourth-order valence-electron chi connectivity index (χ4n) is 2.02. The minimum Gasteiger partial charge on any atom is -0.207 e. The smallest absolute Gasteiger partial charge is 0.198 e. The summed E-state index contributed by atoms with van der Waals surface area (Å²) in [5, 5.41) is -2.01. The highest BCUT2D eigenvalue weighted by molar-refractivity contribution is 5.88. The maximum atomic E-state index is 13.7. The van der Waals surface area contributed by atoms with Gasteiger partial charge in [-0.3, -0.25) is 0 Å². The summed E-state index contributed by atoms with van der Waals surface area (Å²) in [6.45, 7) is 3.38. The lowest BCUT2D eigenvalue weighted by molar-refractivity contribution is 0.415. The highest BCUT2D eigenvalue weighted by Crippen LogP contribution is 2.33. The highest BCUT2D eigenvalue weighted by atomic mass is 19.2. The zero-order valence-electron chi connectivity index (χ0n) is 10.0. The summed E-state index contributed by atoms with van der Waals surface area (Å²) in [6, 6.07) is 0.320. The standard InChI is InChI=1S/C14H8F6/c1-2-3-4-6-7(15)5-8(16)10-9(6)11(17)13(19)14(20)12(10)18/h2,5H,1,3-4H2. The van der Waals surface area contributed by atoms with Gasteiger partial charge in [-0.1, -0.05) is 6.08 Å². The number of hydrogen-bond donors (Lipinski definition) is 0. The Balaban J connectivity index is 2.97. The second-order valence-corrected chi connectivity index (χ2v) is 4.15. The molecule has 0 amide bonds. The Morgan fingerprint density at radius 2 is 1.35 bits per heavy atom. The van der Waals surface area contributed by atoms with Gasteiger partial charge in [-0.15, -0.1) is 6.58 Å². The predicted octanol–water partition coefficient (Wildman–Crippen LogP) is 4.79. The van der Waals surface area contributed by atoms with Crippen molar-refractivity contribution < 1.29 is 26.3 Å². The lowest BCUT2D eigenvalue weighted by Gasteiger charge is -2.11. The van der Waals surface area contributed by atoms with E-state index >= 15 is 0 Å². The number of allylic oxidation sites excluding steroid dienone is 1. The molecule has 0 nitrogen and oxygen atoms in total. The molecule has 0 spiro atoms. The average molecular weight is 290 g/mol. The van der Waals surface area contributed by atoms with Crippen LogP contribution in [0.5, 0.6) is 0 Å². The van der Waals surface area contributed by atoms with Crippen molar-refractivity contribution in [2.45, 2.75) is 12.8 Å². The van der Waals surface area contributed by atoms with Crippen molar-refractivity contribution in [1.29, 1.82) is 0 Å². The molecule has 0 aliphatic heterocycles. The van der Waals surface area contributed by atoms with Gasteiger partial charge in [0.05, 0.1) is 5.39 Å². The minimum atomic E-state index is -2.13. The Morgan fingerprint density at radius 1 is 0.800 bits per heavy atom. The van der Waals surface area contributed by atoms with Gasteiger partial charge in [-0.2, -0.15) is 0 Å². The Bertz CT molecular complexity index is 705. The van der Waals surface area contributed by atoms with Crippen molar-refractivity contribution >= 4 is 10.8 Å². The Morgan fingerprint density at radius 3 is 1.90 bits per heavy atom. The van der Waals surface area contributed by atoms with Crippen molar-refractivity contribution in [1.82, 2.24) is 0 Å². The summed E-state index contributed by atoms with van der Waals surface area (Å²) in [4.78, 5) is 0. The monoisotopic (exact) mass is 290 g/mol. The SMILES string of the molecule is C=CCCc1c(F)cc(F)c2c(F)c(F)c(F)c(F)c12. The van der Waals surface area contributed by atoms with Crippen LogP contribution in [0.1, 0.15) is 12.0 Å². The number of rotatable bonds is 3. The van der Waals surface area contributed by atoms with E-state index in [2.05, 4.69) is 6.58 Å². The van der Waals surface area contributed by atoms with Gasteiger partial charge >= 0.3 is 0 Å². The van der Waals surface area contributed by atoms with Gasteiger partial charge in [0.25, 0.3) is 0 Å². The largest absolute Gasteiger partial charge is 0.207 e. The Hall–Kier alpha value is -1.98. The third-order valence-corrected chi connectivity index (χ3v) is 2.95. The fourth-order valence-corrected chi connectivity index (χ4v) is 2.02. The zero-order chi connectivity index (χ0) is 15.0. The molecule has 0 saturated carbocycles.